The van der Waals surface area contributed by atoms with Gasteiger partial charge < -0.3 is 10.6 Å². The van der Waals surface area contributed by atoms with E-state index in [2.05, 4.69) is 20.8 Å². The molecule has 2 aliphatic carbocycles. The van der Waals surface area contributed by atoms with Gasteiger partial charge in [0.25, 0.3) is 5.91 Å². The number of hydrogen-bond acceptors (Lipinski definition) is 4. The van der Waals surface area contributed by atoms with Crippen molar-refractivity contribution in [3.8, 4) is 0 Å². The molecule has 8 heteroatoms. The number of carbonyl (C=O) groups excluding carboxylic acids is 2. The lowest BCUT2D eigenvalue weighted by molar-refractivity contribution is -0.123. The molecule has 0 aromatic carbocycles. The highest BCUT2D eigenvalue weighted by molar-refractivity contribution is 5.99. The van der Waals surface area contributed by atoms with E-state index < -0.39 is 0 Å². The number of amides is 2. The van der Waals surface area contributed by atoms with Gasteiger partial charge in [0.1, 0.15) is 0 Å². The summed E-state index contributed by atoms with van der Waals surface area (Å²) in [6.45, 7) is 2.37. The number of pyridine rings is 1. The zero-order chi connectivity index (χ0) is 20.4. The van der Waals surface area contributed by atoms with E-state index >= 15 is 0 Å². The SMILES string of the molecule is CCC(CNC(=O)CC1CCCCC12CC2)NC(=O)c1cccn2c(=O)[nH]nc12. The molecule has 0 saturated heterocycles. The first kappa shape index (κ1) is 19.7. The van der Waals surface area contributed by atoms with Crippen LogP contribution >= 0.6 is 0 Å². The Kier molecular flexibility index (Phi) is 5.43. The summed E-state index contributed by atoms with van der Waals surface area (Å²) in [6, 6.07) is 3.09. The topological polar surface area (TPSA) is 108 Å². The second kappa shape index (κ2) is 8.00. The zero-order valence-corrected chi connectivity index (χ0v) is 16.9. The number of H-pyrrole nitrogens is 1. The number of aromatic nitrogens is 3. The maximum absolute atomic E-state index is 12.7. The fraction of sp³-hybridized carbons (Fsp3) is 0.619. The van der Waals surface area contributed by atoms with Gasteiger partial charge in [-0.15, -0.1) is 0 Å². The van der Waals surface area contributed by atoms with Gasteiger partial charge in [0.2, 0.25) is 5.91 Å². The van der Waals surface area contributed by atoms with E-state index in [4.69, 9.17) is 0 Å². The molecule has 156 valence electrons. The molecule has 29 heavy (non-hydrogen) atoms. The van der Waals surface area contributed by atoms with Crippen molar-refractivity contribution in [2.75, 3.05) is 6.54 Å². The largest absolute Gasteiger partial charge is 0.354 e. The number of nitrogens with zero attached hydrogens (tertiary/aromatic N) is 2. The fourth-order valence-corrected chi connectivity index (χ4v) is 4.72. The third kappa shape index (κ3) is 4.06. The lowest BCUT2D eigenvalue weighted by Gasteiger charge is -2.31. The first-order valence-corrected chi connectivity index (χ1v) is 10.7. The van der Waals surface area contributed by atoms with Crippen LogP contribution in [0, 0.1) is 11.3 Å². The number of fused-ring (bicyclic) bond motifs is 1. The maximum Gasteiger partial charge on any atom is 0.347 e. The van der Waals surface area contributed by atoms with Crippen LogP contribution in [0.15, 0.2) is 23.1 Å². The molecule has 8 nitrogen and oxygen atoms in total. The predicted molar refractivity (Wildman–Crippen MR) is 109 cm³/mol. The van der Waals surface area contributed by atoms with Gasteiger partial charge in [0, 0.05) is 25.2 Å². The Morgan fingerprint density at radius 2 is 2.17 bits per heavy atom. The average Bonchev–Trinajstić information content (AvgIpc) is 3.40. The van der Waals surface area contributed by atoms with Crippen LogP contribution in [-0.4, -0.2) is 39.0 Å². The van der Waals surface area contributed by atoms with Crippen molar-refractivity contribution in [1.82, 2.24) is 25.2 Å². The minimum Gasteiger partial charge on any atom is -0.354 e. The maximum atomic E-state index is 12.7. The minimum absolute atomic E-state index is 0.0804. The molecule has 2 atom stereocenters. The van der Waals surface area contributed by atoms with Crippen LogP contribution < -0.4 is 16.3 Å². The second-order valence-corrected chi connectivity index (χ2v) is 8.54. The highest BCUT2D eigenvalue weighted by atomic mass is 16.2. The highest BCUT2D eigenvalue weighted by Gasteiger charge is 2.50. The molecule has 2 saturated carbocycles. The Bertz CT molecular complexity index is 959. The fourth-order valence-electron chi connectivity index (χ4n) is 4.72. The van der Waals surface area contributed by atoms with Crippen LogP contribution in [0.2, 0.25) is 0 Å². The predicted octanol–water partition coefficient (Wildman–Crippen LogP) is 2.01. The van der Waals surface area contributed by atoms with Gasteiger partial charge in [0.05, 0.1) is 5.56 Å². The molecule has 0 radical (unpaired) electrons. The Morgan fingerprint density at radius 1 is 1.34 bits per heavy atom. The highest BCUT2D eigenvalue weighted by Crippen LogP contribution is 2.60. The van der Waals surface area contributed by atoms with E-state index in [1.54, 1.807) is 18.3 Å². The lowest BCUT2D eigenvalue weighted by atomic mass is 9.74. The zero-order valence-electron chi connectivity index (χ0n) is 16.9. The van der Waals surface area contributed by atoms with Gasteiger partial charge >= 0.3 is 5.69 Å². The molecule has 2 aromatic heterocycles. The Hall–Kier alpha value is -2.64. The quantitative estimate of drug-likeness (QED) is 0.662. The summed E-state index contributed by atoms with van der Waals surface area (Å²) < 4.78 is 1.30. The molecule has 4 rings (SSSR count). The Labute approximate surface area is 169 Å². The van der Waals surface area contributed by atoms with Crippen molar-refractivity contribution in [1.29, 1.82) is 0 Å². The van der Waals surface area contributed by atoms with E-state index in [0.29, 0.717) is 41.9 Å². The van der Waals surface area contributed by atoms with Crippen LogP contribution in [0.1, 0.15) is 68.6 Å². The summed E-state index contributed by atoms with van der Waals surface area (Å²) in [5.74, 6) is 0.290. The van der Waals surface area contributed by atoms with E-state index in [1.165, 1.54) is 36.5 Å². The van der Waals surface area contributed by atoms with Crippen molar-refractivity contribution in [3.63, 3.8) is 0 Å². The van der Waals surface area contributed by atoms with Crippen LogP contribution in [0.3, 0.4) is 0 Å². The molecule has 3 N–H and O–H groups in total. The van der Waals surface area contributed by atoms with Crippen molar-refractivity contribution in [2.24, 2.45) is 11.3 Å². The number of nitrogens with one attached hydrogen (secondary N) is 3. The first-order chi connectivity index (χ1) is 14.0. The summed E-state index contributed by atoms with van der Waals surface area (Å²) >= 11 is 0. The summed E-state index contributed by atoms with van der Waals surface area (Å²) in [7, 11) is 0. The molecule has 1 spiro atoms. The summed E-state index contributed by atoms with van der Waals surface area (Å²) in [5.41, 5.74) is 0.688. The lowest BCUT2D eigenvalue weighted by Crippen LogP contribution is -2.44. The smallest absolute Gasteiger partial charge is 0.347 e. The summed E-state index contributed by atoms with van der Waals surface area (Å²) in [5, 5.41) is 12.2. The van der Waals surface area contributed by atoms with Crippen molar-refractivity contribution >= 4 is 17.5 Å². The van der Waals surface area contributed by atoms with E-state index in [1.807, 2.05) is 6.92 Å². The molecule has 2 unspecified atom stereocenters. The normalized spacial score (nSPS) is 21.1. The number of carbonyl (C=O) groups is 2. The Morgan fingerprint density at radius 3 is 2.93 bits per heavy atom. The Balaban J connectivity index is 1.32. The van der Waals surface area contributed by atoms with Gasteiger partial charge in [-0.3, -0.25) is 9.59 Å². The average molecular weight is 399 g/mol. The number of rotatable bonds is 7. The third-order valence-corrected chi connectivity index (χ3v) is 6.73. The number of hydrogen-bond donors (Lipinski definition) is 3. The van der Waals surface area contributed by atoms with Crippen LogP contribution in [0.5, 0.6) is 0 Å². The molecule has 0 aliphatic heterocycles. The van der Waals surface area contributed by atoms with Crippen LogP contribution in [0.4, 0.5) is 0 Å². The van der Waals surface area contributed by atoms with Crippen LogP contribution in [-0.2, 0) is 4.79 Å². The summed E-state index contributed by atoms with van der Waals surface area (Å²) in [6.07, 6.45) is 10.4. The van der Waals surface area contributed by atoms with E-state index in [-0.39, 0.29) is 23.5 Å². The molecular formula is C21H29N5O3. The van der Waals surface area contributed by atoms with Crippen molar-refractivity contribution in [3.05, 3.63) is 34.4 Å². The van der Waals surface area contributed by atoms with Gasteiger partial charge in [-0.25, -0.2) is 14.3 Å². The van der Waals surface area contributed by atoms with Gasteiger partial charge in [-0.1, -0.05) is 19.8 Å². The van der Waals surface area contributed by atoms with Crippen molar-refractivity contribution in [2.45, 2.75) is 64.3 Å². The van der Waals surface area contributed by atoms with Gasteiger partial charge in [-0.05, 0) is 55.6 Å². The van der Waals surface area contributed by atoms with Crippen LogP contribution in [0.25, 0.3) is 5.65 Å². The molecule has 2 heterocycles. The molecule has 0 bridgehead atoms. The molecule has 2 fully saturated rings. The summed E-state index contributed by atoms with van der Waals surface area (Å²) in [4.78, 5) is 36.9. The molecular weight excluding hydrogens is 370 g/mol. The van der Waals surface area contributed by atoms with Gasteiger partial charge in [0.15, 0.2) is 5.65 Å². The van der Waals surface area contributed by atoms with E-state index in [0.717, 1.165) is 6.42 Å². The minimum atomic E-state index is -0.384. The monoisotopic (exact) mass is 399 g/mol. The number of aromatic amines is 1. The standard InChI is InChI=1S/C21H29N5O3/c1-2-15(13-22-17(27)12-14-6-3-4-8-21(14)9-10-21)23-19(28)16-7-5-11-26-18(16)24-25-20(26)29/h5,7,11,14-15H,2-4,6,8-10,12-13H2,1H3,(H,22,27)(H,23,28)(H,25,29). The third-order valence-electron chi connectivity index (χ3n) is 6.73. The first-order valence-electron chi connectivity index (χ1n) is 10.7. The van der Waals surface area contributed by atoms with Gasteiger partial charge in [-0.2, -0.15) is 5.10 Å². The molecule has 2 aliphatic rings. The van der Waals surface area contributed by atoms with E-state index in [9.17, 15) is 14.4 Å². The van der Waals surface area contributed by atoms with Crippen molar-refractivity contribution < 1.29 is 9.59 Å². The molecule has 2 aromatic rings. The molecule has 2 amide bonds. The second-order valence-electron chi connectivity index (χ2n) is 8.54.